The van der Waals surface area contributed by atoms with Crippen molar-refractivity contribution in [3.63, 3.8) is 0 Å². The van der Waals surface area contributed by atoms with Crippen LogP contribution in [-0.2, 0) is 0 Å². The minimum atomic E-state index is 0.661. The third-order valence-corrected chi connectivity index (χ3v) is 5.52. The van der Waals surface area contributed by atoms with Crippen LogP contribution in [0.5, 0.6) is 0 Å². The smallest absolute Gasteiger partial charge is 0.0121 e. The quantitative estimate of drug-likeness (QED) is 0.789. The van der Waals surface area contributed by atoms with Crippen molar-refractivity contribution in [2.24, 2.45) is 11.3 Å². The number of nitrogens with zero attached hydrogens (tertiary/aromatic N) is 1. The lowest BCUT2D eigenvalue weighted by Crippen LogP contribution is -2.48. The highest BCUT2D eigenvalue weighted by atomic mass is 15.2. The van der Waals surface area contributed by atoms with Gasteiger partial charge < -0.3 is 10.2 Å². The largest absolute Gasteiger partial charge is 0.314 e. The van der Waals surface area contributed by atoms with Crippen molar-refractivity contribution >= 4 is 0 Å². The van der Waals surface area contributed by atoms with E-state index in [4.69, 9.17) is 0 Å². The zero-order valence-electron chi connectivity index (χ0n) is 11.5. The normalized spacial score (nSPS) is 31.4. The zero-order chi connectivity index (χ0) is 11.9. The Hall–Kier alpha value is -0.0800. The number of rotatable bonds is 5. The van der Waals surface area contributed by atoms with E-state index >= 15 is 0 Å². The fourth-order valence-corrected chi connectivity index (χ4v) is 3.20. The summed E-state index contributed by atoms with van der Waals surface area (Å²) in [6, 6.07) is 1.62. The second-order valence-electron chi connectivity index (χ2n) is 6.99. The molecule has 1 unspecified atom stereocenters. The summed E-state index contributed by atoms with van der Waals surface area (Å²) in [5, 5.41) is 3.77. The Morgan fingerprint density at radius 1 is 1.18 bits per heavy atom. The summed E-state index contributed by atoms with van der Waals surface area (Å²) in [4.78, 5) is 2.74. The molecule has 1 atom stereocenters. The molecule has 2 nitrogen and oxygen atoms in total. The van der Waals surface area contributed by atoms with Gasteiger partial charge in [0.05, 0.1) is 0 Å². The maximum Gasteiger partial charge on any atom is 0.0121 e. The van der Waals surface area contributed by atoms with Crippen molar-refractivity contribution in [3.05, 3.63) is 0 Å². The molecular weight excluding hydrogens is 208 g/mol. The van der Waals surface area contributed by atoms with Gasteiger partial charge in [-0.3, -0.25) is 0 Å². The van der Waals surface area contributed by atoms with Crippen molar-refractivity contribution in [1.82, 2.24) is 10.2 Å². The van der Waals surface area contributed by atoms with Crippen LogP contribution in [0.15, 0.2) is 0 Å². The van der Waals surface area contributed by atoms with Gasteiger partial charge in [0.1, 0.15) is 0 Å². The van der Waals surface area contributed by atoms with Gasteiger partial charge in [0, 0.05) is 12.1 Å². The number of nitrogens with one attached hydrogen (secondary N) is 1. The van der Waals surface area contributed by atoms with Crippen LogP contribution in [0.2, 0.25) is 0 Å². The molecule has 2 saturated carbocycles. The molecule has 0 aromatic carbocycles. The number of hydrogen-bond donors (Lipinski definition) is 1. The van der Waals surface area contributed by atoms with Gasteiger partial charge in [-0.05, 0) is 76.4 Å². The van der Waals surface area contributed by atoms with Crippen molar-refractivity contribution in [2.45, 2.75) is 64.5 Å². The summed E-state index contributed by atoms with van der Waals surface area (Å²) >= 11 is 0. The monoisotopic (exact) mass is 236 g/mol. The highest BCUT2D eigenvalue weighted by Crippen LogP contribution is 2.50. The van der Waals surface area contributed by atoms with Crippen LogP contribution in [0.25, 0.3) is 0 Å². The first-order valence-electron chi connectivity index (χ1n) is 7.65. The van der Waals surface area contributed by atoms with Gasteiger partial charge in [0.2, 0.25) is 0 Å². The van der Waals surface area contributed by atoms with Crippen molar-refractivity contribution in [3.8, 4) is 0 Å². The predicted octanol–water partition coefficient (Wildman–Crippen LogP) is 2.64. The molecule has 2 heteroatoms. The number of likely N-dealkylation sites (tertiary alicyclic amines) is 1. The molecule has 0 amide bonds. The zero-order valence-corrected chi connectivity index (χ0v) is 11.5. The molecule has 0 aromatic heterocycles. The summed E-state index contributed by atoms with van der Waals surface area (Å²) in [5.74, 6) is 1.03. The summed E-state index contributed by atoms with van der Waals surface area (Å²) < 4.78 is 0. The SMILES string of the molecule is CC(N1CCC(NCC2CC2)CC1)C1(C)CC1. The highest BCUT2D eigenvalue weighted by molar-refractivity contribution is 4.98. The van der Waals surface area contributed by atoms with Crippen molar-refractivity contribution in [2.75, 3.05) is 19.6 Å². The third kappa shape index (κ3) is 2.85. The maximum atomic E-state index is 3.77. The van der Waals surface area contributed by atoms with Gasteiger partial charge in [0.15, 0.2) is 0 Å². The molecule has 2 aliphatic carbocycles. The molecule has 1 aliphatic heterocycles. The molecule has 1 heterocycles. The molecule has 3 aliphatic rings. The van der Waals surface area contributed by atoms with Gasteiger partial charge in [-0.25, -0.2) is 0 Å². The van der Waals surface area contributed by atoms with Crippen molar-refractivity contribution in [1.29, 1.82) is 0 Å². The van der Waals surface area contributed by atoms with Crippen LogP contribution in [0.1, 0.15) is 52.4 Å². The lowest BCUT2D eigenvalue weighted by Gasteiger charge is -2.39. The van der Waals surface area contributed by atoms with E-state index in [9.17, 15) is 0 Å². The first-order valence-corrected chi connectivity index (χ1v) is 7.65. The first-order chi connectivity index (χ1) is 8.17. The Morgan fingerprint density at radius 2 is 1.82 bits per heavy atom. The third-order valence-electron chi connectivity index (χ3n) is 5.52. The minimum absolute atomic E-state index is 0.661. The molecule has 98 valence electrons. The summed E-state index contributed by atoms with van der Waals surface area (Å²) in [6.45, 7) is 8.84. The summed E-state index contributed by atoms with van der Waals surface area (Å²) in [5.41, 5.74) is 0.661. The van der Waals surface area contributed by atoms with Gasteiger partial charge in [-0.2, -0.15) is 0 Å². The fraction of sp³-hybridized carbons (Fsp3) is 1.00. The molecule has 0 aromatic rings. The van der Waals surface area contributed by atoms with Crippen LogP contribution >= 0.6 is 0 Å². The molecule has 1 saturated heterocycles. The van der Waals surface area contributed by atoms with Crippen LogP contribution in [0.4, 0.5) is 0 Å². The second-order valence-corrected chi connectivity index (χ2v) is 6.99. The molecule has 0 spiro atoms. The van der Waals surface area contributed by atoms with E-state index in [1.165, 1.54) is 58.2 Å². The topological polar surface area (TPSA) is 15.3 Å². The van der Waals surface area contributed by atoms with E-state index in [0.717, 1.165) is 18.0 Å². The Morgan fingerprint density at radius 3 is 2.35 bits per heavy atom. The van der Waals surface area contributed by atoms with E-state index in [1.807, 2.05) is 0 Å². The van der Waals surface area contributed by atoms with E-state index in [-0.39, 0.29) is 0 Å². The maximum absolute atomic E-state index is 3.77. The predicted molar refractivity (Wildman–Crippen MR) is 72.1 cm³/mol. The van der Waals surface area contributed by atoms with Crippen LogP contribution in [0, 0.1) is 11.3 Å². The van der Waals surface area contributed by atoms with Crippen LogP contribution in [0.3, 0.4) is 0 Å². The number of hydrogen-bond acceptors (Lipinski definition) is 2. The van der Waals surface area contributed by atoms with Gasteiger partial charge in [0.25, 0.3) is 0 Å². The van der Waals surface area contributed by atoms with Gasteiger partial charge in [-0.15, -0.1) is 0 Å². The first kappa shape index (κ1) is 12.0. The van der Waals surface area contributed by atoms with Crippen molar-refractivity contribution < 1.29 is 0 Å². The molecule has 17 heavy (non-hydrogen) atoms. The lowest BCUT2D eigenvalue weighted by molar-refractivity contribution is 0.110. The van der Waals surface area contributed by atoms with E-state index in [0.29, 0.717) is 5.41 Å². The Kier molecular flexibility index (Phi) is 3.20. The molecule has 0 bridgehead atoms. The van der Waals surface area contributed by atoms with E-state index in [2.05, 4.69) is 24.1 Å². The molecular formula is C15H28N2. The number of piperidine rings is 1. The molecule has 1 N–H and O–H groups in total. The van der Waals surface area contributed by atoms with E-state index < -0.39 is 0 Å². The second kappa shape index (κ2) is 4.55. The highest BCUT2D eigenvalue weighted by Gasteiger charge is 2.45. The molecule has 3 fully saturated rings. The van der Waals surface area contributed by atoms with Gasteiger partial charge >= 0.3 is 0 Å². The average Bonchev–Trinajstić information content (AvgIpc) is 3.23. The summed E-state index contributed by atoms with van der Waals surface area (Å²) in [7, 11) is 0. The van der Waals surface area contributed by atoms with Crippen LogP contribution in [-0.4, -0.2) is 36.6 Å². The van der Waals surface area contributed by atoms with Gasteiger partial charge in [-0.1, -0.05) is 6.92 Å². The fourth-order valence-electron chi connectivity index (χ4n) is 3.20. The Balaban J connectivity index is 1.40. The average molecular weight is 236 g/mol. The van der Waals surface area contributed by atoms with E-state index in [1.54, 1.807) is 0 Å². The molecule has 0 radical (unpaired) electrons. The Bertz CT molecular complexity index is 260. The minimum Gasteiger partial charge on any atom is -0.314 e. The standard InChI is InChI=1S/C15H28N2/c1-12(15(2)7-8-15)17-9-5-14(6-10-17)16-11-13-3-4-13/h12-14,16H,3-11H2,1-2H3. The summed E-state index contributed by atoms with van der Waals surface area (Å²) in [6.07, 6.45) is 8.59. The lowest BCUT2D eigenvalue weighted by atomic mass is 9.95. The molecule has 3 rings (SSSR count). The van der Waals surface area contributed by atoms with Crippen LogP contribution < -0.4 is 5.32 Å². The Labute approximate surface area is 106 Å².